The molecule has 0 spiro atoms. The zero-order valence-corrected chi connectivity index (χ0v) is 12.9. The number of aryl methyl sites for hydroxylation is 1. The molecule has 2 N–H and O–H groups in total. The second-order valence-electron chi connectivity index (χ2n) is 5.84. The van der Waals surface area contributed by atoms with Crippen molar-refractivity contribution in [2.75, 3.05) is 19.8 Å². The summed E-state index contributed by atoms with van der Waals surface area (Å²) in [6.45, 7) is 8.97. The van der Waals surface area contributed by atoms with E-state index >= 15 is 0 Å². The van der Waals surface area contributed by atoms with Crippen LogP contribution in [0.3, 0.4) is 0 Å². The fourth-order valence-electron chi connectivity index (χ4n) is 3.18. The monoisotopic (exact) mass is 277 g/mol. The number of hydrogen-bond donors (Lipinski definition) is 2. The highest BCUT2D eigenvalue weighted by atomic mass is 16.5. The van der Waals surface area contributed by atoms with Gasteiger partial charge in [-0.25, -0.2) is 0 Å². The van der Waals surface area contributed by atoms with Crippen molar-refractivity contribution in [2.45, 2.75) is 52.0 Å². The third-order valence-corrected chi connectivity index (χ3v) is 4.19. The van der Waals surface area contributed by atoms with Gasteiger partial charge in [0, 0.05) is 24.8 Å². The first-order chi connectivity index (χ1) is 9.65. The van der Waals surface area contributed by atoms with E-state index in [1.807, 2.05) is 12.1 Å². The van der Waals surface area contributed by atoms with Crippen LogP contribution in [0.1, 0.15) is 61.8 Å². The molecule has 1 aromatic carbocycles. The predicted molar refractivity (Wildman–Crippen MR) is 82.3 cm³/mol. The Bertz CT molecular complexity index is 445. The van der Waals surface area contributed by atoms with Crippen LogP contribution in [0.2, 0.25) is 0 Å². The summed E-state index contributed by atoms with van der Waals surface area (Å²) >= 11 is 0. The molecule has 1 aliphatic carbocycles. The van der Waals surface area contributed by atoms with Crippen LogP contribution in [0.15, 0.2) is 12.1 Å². The quantitative estimate of drug-likeness (QED) is 0.747. The van der Waals surface area contributed by atoms with Crippen molar-refractivity contribution in [1.29, 1.82) is 0 Å². The van der Waals surface area contributed by atoms with Crippen molar-refractivity contribution in [1.82, 2.24) is 5.32 Å². The van der Waals surface area contributed by atoms with E-state index in [0.29, 0.717) is 11.7 Å². The summed E-state index contributed by atoms with van der Waals surface area (Å²) in [6.07, 6.45) is 3.36. The van der Waals surface area contributed by atoms with Gasteiger partial charge in [0.1, 0.15) is 5.75 Å². The lowest BCUT2D eigenvalue weighted by atomic mass is 9.97. The average molecular weight is 277 g/mol. The van der Waals surface area contributed by atoms with Crippen LogP contribution in [0.25, 0.3) is 0 Å². The first-order valence-corrected chi connectivity index (χ1v) is 7.78. The number of ether oxygens (including phenoxy) is 1. The Morgan fingerprint density at radius 1 is 1.30 bits per heavy atom. The topological polar surface area (TPSA) is 41.5 Å². The maximum Gasteiger partial charge on any atom is 0.120 e. The molecule has 0 saturated heterocycles. The second-order valence-corrected chi connectivity index (χ2v) is 5.84. The van der Waals surface area contributed by atoms with Crippen LogP contribution in [0.4, 0.5) is 0 Å². The van der Waals surface area contributed by atoms with Crippen LogP contribution in [-0.4, -0.2) is 24.9 Å². The fourth-order valence-corrected chi connectivity index (χ4v) is 3.18. The van der Waals surface area contributed by atoms with Gasteiger partial charge in [-0.3, -0.25) is 0 Å². The van der Waals surface area contributed by atoms with E-state index in [1.165, 1.54) is 17.5 Å². The summed E-state index contributed by atoms with van der Waals surface area (Å²) in [5.41, 5.74) is 3.72. The van der Waals surface area contributed by atoms with Gasteiger partial charge < -0.3 is 15.2 Å². The van der Waals surface area contributed by atoms with Gasteiger partial charge in [-0.15, -0.1) is 0 Å². The zero-order chi connectivity index (χ0) is 14.5. The molecule has 20 heavy (non-hydrogen) atoms. The van der Waals surface area contributed by atoms with E-state index in [0.717, 1.165) is 38.2 Å². The molecule has 2 unspecified atom stereocenters. The third kappa shape index (κ3) is 3.33. The molecule has 2 atom stereocenters. The summed E-state index contributed by atoms with van der Waals surface area (Å²) in [5, 5.41) is 13.7. The number of fused-ring (bicyclic) bond motifs is 1. The minimum absolute atomic E-state index is 0.259. The summed E-state index contributed by atoms with van der Waals surface area (Å²) in [5.74, 6) is 0.940. The molecule has 1 aliphatic rings. The number of hydrogen-bond acceptors (Lipinski definition) is 3. The van der Waals surface area contributed by atoms with Crippen LogP contribution >= 0.6 is 0 Å². The van der Waals surface area contributed by atoms with Crippen LogP contribution in [0.5, 0.6) is 5.75 Å². The molecule has 0 fully saturated rings. The molecular formula is C17H27NO2. The Balaban J connectivity index is 1.91. The van der Waals surface area contributed by atoms with Gasteiger partial charge in [-0.05, 0) is 42.9 Å². The molecule has 0 bridgehead atoms. The van der Waals surface area contributed by atoms with Gasteiger partial charge in [0.15, 0.2) is 0 Å². The Labute approximate surface area is 122 Å². The Hall–Kier alpha value is -1.06. The van der Waals surface area contributed by atoms with Gasteiger partial charge in [0.05, 0.1) is 6.61 Å². The molecule has 3 heteroatoms. The normalized spacial score (nSPS) is 21.1. The lowest BCUT2D eigenvalue weighted by Gasteiger charge is -2.16. The number of phenolic OH excluding ortho intramolecular Hbond substituents is 1. The number of nitrogens with one attached hydrogen (secondary N) is 1. The molecule has 0 aromatic heterocycles. The van der Waals surface area contributed by atoms with Gasteiger partial charge in [-0.1, -0.05) is 26.3 Å². The van der Waals surface area contributed by atoms with Crippen molar-refractivity contribution in [3.8, 4) is 5.75 Å². The molecule has 2 rings (SSSR count). The van der Waals surface area contributed by atoms with Crippen molar-refractivity contribution in [3.63, 3.8) is 0 Å². The van der Waals surface area contributed by atoms with Crippen LogP contribution < -0.4 is 5.32 Å². The average Bonchev–Trinajstić information content (AvgIpc) is 2.76. The third-order valence-electron chi connectivity index (χ3n) is 4.19. The minimum atomic E-state index is 0.259. The summed E-state index contributed by atoms with van der Waals surface area (Å²) in [7, 11) is 0. The molecule has 0 amide bonds. The maximum atomic E-state index is 10.1. The van der Waals surface area contributed by atoms with Crippen molar-refractivity contribution >= 4 is 0 Å². The standard InChI is InChI=1S/C17H27NO2/c1-4-5-9-20-10-8-18-14-11-13(3)16-12(2)6-7-15(19)17(14)16/h6-7,13-14,18-19H,4-5,8-11H2,1-3H3. The molecule has 3 nitrogen and oxygen atoms in total. The number of unbranched alkanes of at least 4 members (excludes halogenated alkanes) is 1. The van der Waals surface area contributed by atoms with E-state index in [-0.39, 0.29) is 6.04 Å². The first kappa shape index (κ1) is 15.3. The largest absolute Gasteiger partial charge is 0.508 e. The lowest BCUT2D eigenvalue weighted by Crippen LogP contribution is -2.24. The summed E-state index contributed by atoms with van der Waals surface area (Å²) in [4.78, 5) is 0. The number of rotatable bonds is 7. The molecule has 1 aromatic rings. The summed E-state index contributed by atoms with van der Waals surface area (Å²) < 4.78 is 5.58. The van der Waals surface area contributed by atoms with Crippen molar-refractivity contribution in [3.05, 3.63) is 28.8 Å². The Morgan fingerprint density at radius 3 is 2.85 bits per heavy atom. The molecule has 112 valence electrons. The van der Waals surface area contributed by atoms with E-state index in [1.54, 1.807) is 0 Å². The van der Waals surface area contributed by atoms with Gasteiger partial charge in [0.25, 0.3) is 0 Å². The minimum Gasteiger partial charge on any atom is -0.508 e. The number of aromatic hydroxyl groups is 1. The highest BCUT2D eigenvalue weighted by Gasteiger charge is 2.31. The van der Waals surface area contributed by atoms with Gasteiger partial charge >= 0.3 is 0 Å². The number of benzene rings is 1. The second kappa shape index (κ2) is 7.09. The van der Waals surface area contributed by atoms with E-state index in [9.17, 15) is 5.11 Å². The SMILES string of the molecule is CCCCOCCNC1CC(C)c2c(C)ccc(O)c21. The molecule has 0 saturated carbocycles. The van der Waals surface area contributed by atoms with Crippen LogP contribution in [-0.2, 0) is 4.74 Å². The van der Waals surface area contributed by atoms with Crippen molar-refractivity contribution < 1.29 is 9.84 Å². The molecule has 0 heterocycles. The fraction of sp³-hybridized carbons (Fsp3) is 0.647. The molecule has 0 radical (unpaired) electrons. The van der Waals surface area contributed by atoms with Crippen molar-refractivity contribution in [2.24, 2.45) is 0 Å². The highest BCUT2D eigenvalue weighted by molar-refractivity contribution is 5.50. The highest BCUT2D eigenvalue weighted by Crippen LogP contribution is 2.45. The van der Waals surface area contributed by atoms with E-state index < -0.39 is 0 Å². The van der Waals surface area contributed by atoms with Crippen LogP contribution in [0, 0.1) is 6.92 Å². The van der Waals surface area contributed by atoms with Gasteiger partial charge in [0.2, 0.25) is 0 Å². The van der Waals surface area contributed by atoms with E-state index in [4.69, 9.17) is 4.74 Å². The molecule has 0 aliphatic heterocycles. The first-order valence-electron chi connectivity index (χ1n) is 7.78. The van der Waals surface area contributed by atoms with E-state index in [2.05, 4.69) is 26.1 Å². The number of phenols is 1. The van der Waals surface area contributed by atoms with Gasteiger partial charge in [-0.2, -0.15) is 0 Å². The predicted octanol–water partition coefficient (Wildman–Crippen LogP) is 3.66. The lowest BCUT2D eigenvalue weighted by molar-refractivity contribution is 0.130. The Kier molecular flexibility index (Phi) is 5.44. The molecular weight excluding hydrogens is 250 g/mol. The zero-order valence-electron chi connectivity index (χ0n) is 12.9. The summed E-state index contributed by atoms with van der Waals surface area (Å²) in [6, 6.07) is 4.09. The maximum absolute atomic E-state index is 10.1. The smallest absolute Gasteiger partial charge is 0.120 e. The Morgan fingerprint density at radius 2 is 2.10 bits per heavy atom.